The average molecular weight is 918 g/mol. The minimum Gasteiger partial charge on any atom is -0.389 e. The molecule has 0 bridgehead atoms. The molecule has 50 heavy (non-hydrogen) atoms. The van der Waals surface area contributed by atoms with Gasteiger partial charge in [-0.25, -0.2) is 0 Å². The molecule has 8 rings (SSSR count). The summed E-state index contributed by atoms with van der Waals surface area (Å²) < 4.78 is 41.2. The zero-order chi connectivity index (χ0) is 34.6. The number of benzene rings is 1. The van der Waals surface area contributed by atoms with Crippen LogP contribution in [0.3, 0.4) is 0 Å². The normalized spacial score (nSPS) is 15.6. The summed E-state index contributed by atoms with van der Waals surface area (Å²) in [6.45, 7) is -0.430. The third-order valence-electron chi connectivity index (χ3n) is 9.05. The van der Waals surface area contributed by atoms with Crippen LogP contribution in [-0.2, 0) is 0 Å². The van der Waals surface area contributed by atoms with E-state index in [1.54, 1.807) is 47.5 Å². The van der Waals surface area contributed by atoms with Crippen molar-refractivity contribution in [1.29, 1.82) is 0 Å². The van der Waals surface area contributed by atoms with Gasteiger partial charge in [0.05, 0.1) is 16.9 Å². The molecular formula is C39H27BF2I2N4S2. The zero-order valence-electron chi connectivity index (χ0n) is 26.8. The highest BCUT2D eigenvalue weighted by Gasteiger charge is 2.58. The first-order chi connectivity index (χ1) is 24.2. The van der Waals surface area contributed by atoms with Crippen molar-refractivity contribution in [1.82, 2.24) is 14.4 Å². The van der Waals surface area contributed by atoms with Crippen LogP contribution in [-0.4, -0.2) is 31.6 Å². The summed E-state index contributed by atoms with van der Waals surface area (Å²) in [6, 6.07) is 25.7. The molecule has 0 radical (unpaired) electrons. The van der Waals surface area contributed by atoms with Crippen molar-refractivity contribution < 1.29 is 13.1 Å². The van der Waals surface area contributed by atoms with E-state index in [9.17, 15) is 0 Å². The van der Waals surface area contributed by atoms with Crippen molar-refractivity contribution in [3.63, 3.8) is 0 Å². The second-order valence-corrected chi connectivity index (χ2v) is 17.9. The molecule has 246 valence electrons. The van der Waals surface area contributed by atoms with Crippen molar-refractivity contribution in [2.45, 2.75) is 13.8 Å². The molecule has 0 aliphatic carbocycles. The van der Waals surface area contributed by atoms with Crippen LogP contribution in [0, 0.1) is 12.7 Å². The van der Waals surface area contributed by atoms with Gasteiger partial charge in [-0.2, -0.15) is 0 Å². The van der Waals surface area contributed by atoms with Gasteiger partial charge in [-0.3, -0.25) is 9.97 Å². The van der Waals surface area contributed by atoms with Gasteiger partial charge in [0, 0.05) is 63.1 Å². The van der Waals surface area contributed by atoms with Gasteiger partial charge < -0.3 is 17.6 Å². The average Bonchev–Trinajstić information content (AvgIpc) is 3.89. The lowest BCUT2D eigenvalue weighted by molar-refractivity contribution is -0.361. The summed E-state index contributed by atoms with van der Waals surface area (Å²) in [4.78, 5) is 10.2. The highest BCUT2D eigenvalue weighted by Crippen LogP contribution is 2.51. The summed E-state index contributed by atoms with van der Waals surface area (Å²) in [5.74, 6) is 0. The SMILES string of the molecule is CC1=C(c2ccc(I)s2)C(/C=C/c2ccncc2)=[N+]2C1=C(c1ccccc1)c1c(C)c(-c3ccc(I)s3)c(/C=C/c3ccncc3)n1[B-]2(F)F. The third-order valence-corrected chi connectivity index (χ3v) is 12.9. The van der Waals surface area contributed by atoms with Gasteiger partial charge in [-0.05, 0) is 142 Å². The van der Waals surface area contributed by atoms with E-state index in [2.05, 4.69) is 55.1 Å². The Balaban J connectivity index is 1.51. The van der Waals surface area contributed by atoms with E-state index < -0.39 is 6.97 Å². The summed E-state index contributed by atoms with van der Waals surface area (Å²) >= 11 is 7.83. The van der Waals surface area contributed by atoms with Crippen molar-refractivity contribution in [3.8, 4) is 10.4 Å². The quantitative estimate of drug-likeness (QED) is 0.118. The largest absolute Gasteiger partial charge is 0.737 e. The number of hydrogen-bond acceptors (Lipinski definition) is 4. The molecular weight excluding hydrogens is 891 g/mol. The number of hydrogen-bond donors (Lipinski definition) is 0. The minimum absolute atomic E-state index is 0.472. The molecule has 2 aliphatic heterocycles. The van der Waals surface area contributed by atoms with Crippen LogP contribution in [0.15, 0.2) is 121 Å². The molecule has 6 aromatic rings. The number of pyridine rings is 2. The number of fused-ring (bicyclic) bond motifs is 2. The Morgan fingerprint density at radius 3 is 1.86 bits per heavy atom. The van der Waals surface area contributed by atoms with E-state index in [1.165, 1.54) is 8.96 Å². The second kappa shape index (κ2) is 13.4. The molecule has 0 amide bonds. The fraction of sp³-hybridized carbons (Fsp3) is 0.0513. The van der Waals surface area contributed by atoms with E-state index >= 15 is 8.63 Å². The number of rotatable bonds is 7. The minimum atomic E-state index is -4.42. The van der Waals surface area contributed by atoms with E-state index in [1.807, 2.05) is 117 Å². The van der Waals surface area contributed by atoms with Gasteiger partial charge in [-0.1, -0.05) is 36.4 Å². The van der Waals surface area contributed by atoms with Gasteiger partial charge in [0.1, 0.15) is 0 Å². The van der Waals surface area contributed by atoms with Crippen LogP contribution in [0.2, 0.25) is 0 Å². The molecule has 1 aromatic carbocycles. The first kappa shape index (κ1) is 33.4. The molecule has 2 aliphatic rings. The van der Waals surface area contributed by atoms with Gasteiger partial charge >= 0.3 is 6.97 Å². The van der Waals surface area contributed by atoms with Crippen molar-refractivity contribution in [3.05, 3.63) is 165 Å². The Bertz CT molecular complexity index is 2440. The number of aromatic nitrogens is 3. The smallest absolute Gasteiger partial charge is 0.389 e. The Labute approximate surface area is 324 Å². The molecule has 0 N–H and O–H groups in total. The lowest BCUT2D eigenvalue weighted by atomic mass is 9.83. The molecule has 0 saturated carbocycles. The summed E-state index contributed by atoms with van der Waals surface area (Å²) in [7, 11) is 0. The molecule has 0 saturated heterocycles. The molecule has 0 atom stereocenters. The zero-order valence-corrected chi connectivity index (χ0v) is 32.8. The fourth-order valence-corrected chi connectivity index (χ4v) is 10.4. The van der Waals surface area contributed by atoms with Crippen LogP contribution in [0.25, 0.3) is 39.8 Å². The number of nitrogens with zero attached hydrogens (tertiary/aromatic N) is 4. The first-order valence-electron chi connectivity index (χ1n) is 15.9. The van der Waals surface area contributed by atoms with Crippen molar-refractivity contribution >= 4 is 110 Å². The molecule has 0 unspecified atom stereocenters. The number of halogens is 4. The highest BCUT2D eigenvalue weighted by molar-refractivity contribution is 14.1. The predicted molar refractivity (Wildman–Crippen MR) is 222 cm³/mol. The van der Waals surface area contributed by atoms with Gasteiger partial charge in [0.25, 0.3) is 0 Å². The molecule has 7 heterocycles. The van der Waals surface area contributed by atoms with E-state index in [4.69, 9.17) is 0 Å². The lowest BCUT2D eigenvalue weighted by Gasteiger charge is -2.34. The van der Waals surface area contributed by atoms with Gasteiger partial charge in [0.2, 0.25) is 0 Å². The fourth-order valence-electron chi connectivity index (χ4n) is 6.98. The summed E-state index contributed by atoms with van der Waals surface area (Å²) in [5.41, 5.74) is 8.75. The van der Waals surface area contributed by atoms with E-state index in [0.717, 1.165) is 60.1 Å². The van der Waals surface area contributed by atoms with Crippen LogP contribution in [0.4, 0.5) is 8.63 Å². The monoisotopic (exact) mass is 918 g/mol. The first-order valence-corrected chi connectivity index (χ1v) is 19.7. The number of allylic oxidation sites excluding steroid dienone is 3. The van der Waals surface area contributed by atoms with Crippen LogP contribution >= 0.6 is 67.9 Å². The van der Waals surface area contributed by atoms with E-state index in [0.29, 0.717) is 22.8 Å². The maximum atomic E-state index is 18.2. The summed E-state index contributed by atoms with van der Waals surface area (Å²) in [5, 5.41) is 0. The third kappa shape index (κ3) is 5.71. The van der Waals surface area contributed by atoms with Gasteiger partial charge in [-0.15, -0.1) is 22.7 Å². The standard InChI is InChI=1S/C39H27BF2I2N4S2/c1-24-35(31-12-14-33(43)49-31)29(10-8-26-16-20-45-21-17-26)47-38(24)37(28-6-4-3-5-7-28)39-25(2)36(32-13-15-34(44)50-32)30(48(39)40(47,41)42)11-9-27-18-22-46-23-19-27/h3-23H,1-2H3/b10-8+,11-9+. The molecule has 4 nitrogen and oxygen atoms in total. The maximum absolute atomic E-state index is 18.2. The predicted octanol–water partition coefficient (Wildman–Crippen LogP) is 11.4. The van der Waals surface area contributed by atoms with Crippen molar-refractivity contribution in [2.24, 2.45) is 0 Å². The van der Waals surface area contributed by atoms with Crippen LogP contribution < -0.4 is 0 Å². The van der Waals surface area contributed by atoms with Crippen LogP contribution in [0.1, 0.15) is 45.4 Å². The van der Waals surface area contributed by atoms with Gasteiger partial charge in [0.15, 0.2) is 11.4 Å². The van der Waals surface area contributed by atoms with Crippen molar-refractivity contribution in [2.75, 3.05) is 0 Å². The Hall–Kier alpha value is -3.79. The molecule has 0 spiro atoms. The lowest BCUT2D eigenvalue weighted by Crippen LogP contribution is -2.51. The summed E-state index contributed by atoms with van der Waals surface area (Å²) in [6.07, 6.45) is 14.4. The molecule has 11 heteroatoms. The topological polar surface area (TPSA) is 33.7 Å². The second-order valence-electron chi connectivity index (χ2n) is 12.0. The Kier molecular flexibility index (Phi) is 8.94. The molecule has 5 aromatic heterocycles. The molecule has 0 fully saturated rings. The van der Waals surface area contributed by atoms with E-state index in [-0.39, 0.29) is 0 Å². The Morgan fingerprint density at radius 2 is 1.28 bits per heavy atom. The highest BCUT2D eigenvalue weighted by atomic mass is 127. The Morgan fingerprint density at radius 1 is 0.700 bits per heavy atom. The number of thiophene rings is 2. The van der Waals surface area contributed by atoms with Crippen LogP contribution in [0.5, 0.6) is 0 Å². The maximum Gasteiger partial charge on any atom is 0.737 e.